The number of para-hydroxylation sites is 1. The van der Waals surface area contributed by atoms with Gasteiger partial charge in [0.15, 0.2) is 0 Å². The highest BCUT2D eigenvalue weighted by atomic mass is 35.5. The van der Waals surface area contributed by atoms with Gasteiger partial charge in [0.05, 0.1) is 36.2 Å². The molecule has 0 radical (unpaired) electrons. The Morgan fingerprint density at radius 1 is 0.855 bits per heavy atom. The molecular weight excluding hydrogens is 743 g/mol. The maximum absolute atomic E-state index is 13.8. The molecule has 3 amide bonds. The zero-order valence-electron chi connectivity index (χ0n) is 32.4. The van der Waals surface area contributed by atoms with Crippen molar-refractivity contribution in [2.45, 2.75) is 32.6 Å². The number of nitrogens with zero attached hydrogens (tertiary/aromatic N) is 6. The zero-order valence-corrected chi connectivity index (χ0v) is 34.1. The molecule has 2 saturated heterocycles. The summed E-state index contributed by atoms with van der Waals surface area (Å²) in [5.74, 6) is 1.38. The molecule has 2 aliphatic rings. The number of aromatic nitrogens is 2. The molecular formula is C40H54Cl2N8O5. The largest absolute Gasteiger partial charge is 0.495 e. The Morgan fingerprint density at radius 3 is 2.27 bits per heavy atom. The Morgan fingerprint density at radius 2 is 1.56 bits per heavy atom. The Kier molecular flexibility index (Phi) is 15.6. The number of piperazine rings is 2. The van der Waals surface area contributed by atoms with Crippen LogP contribution in [0.5, 0.6) is 11.5 Å². The third-order valence-electron chi connectivity index (χ3n) is 10.2. The smallest absolute Gasteiger partial charge is 0.258 e. The zero-order chi connectivity index (χ0) is 37.5. The van der Waals surface area contributed by atoms with Crippen molar-refractivity contribution in [3.8, 4) is 11.5 Å². The highest BCUT2D eigenvalue weighted by Crippen LogP contribution is 2.32. The first-order valence-corrected chi connectivity index (χ1v) is 18.5. The molecule has 3 aromatic carbocycles. The van der Waals surface area contributed by atoms with E-state index < -0.39 is 0 Å². The van der Waals surface area contributed by atoms with Crippen molar-refractivity contribution in [1.82, 2.24) is 24.7 Å². The van der Waals surface area contributed by atoms with Gasteiger partial charge in [-0.05, 0) is 88.3 Å². The molecule has 4 aromatic rings. The van der Waals surface area contributed by atoms with Gasteiger partial charge in [-0.1, -0.05) is 12.1 Å². The average molecular weight is 798 g/mol. The van der Waals surface area contributed by atoms with E-state index in [1.807, 2.05) is 42.2 Å². The number of benzene rings is 3. The van der Waals surface area contributed by atoms with Gasteiger partial charge in [0.1, 0.15) is 17.0 Å². The van der Waals surface area contributed by atoms with Crippen molar-refractivity contribution in [3.63, 3.8) is 0 Å². The average Bonchev–Trinajstić information content (AvgIpc) is 3.61. The molecule has 2 N–H and O–H groups in total. The molecule has 1 aromatic heterocycles. The number of hydrogen-bond donors (Lipinski definition) is 2. The molecule has 0 atom stereocenters. The van der Waals surface area contributed by atoms with Gasteiger partial charge in [-0.25, -0.2) is 4.98 Å². The summed E-state index contributed by atoms with van der Waals surface area (Å²) in [6.07, 6.45) is 3.06. The highest BCUT2D eigenvalue weighted by molar-refractivity contribution is 6.13. The Balaban J connectivity index is 0.00000336. The van der Waals surface area contributed by atoms with Crippen LogP contribution in [0.15, 0.2) is 54.6 Å². The number of halogens is 2. The number of ether oxygens (including phenoxy) is 2. The number of unbranched alkanes of at least 4 members (excludes halogenated alkanes) is 2. The number of imidazole rings is 1. The number of anilines is 3. The lowest BCUT2D eigenvalue weighted by Gasteiger charge is -2.32. The van der Waals surface area contributed by atoms with Gasteiger partial charge in [-0.3, -0.25) is 14.4 Å². The number of fused-ring (bicyclic) bond motifs is 1. The SMILES string of the molecule is COc1cc(C(=O)N(C)c2ccc(C)cc2OCCCCCC(=O)N2CCN(C)CC2)ccc1NC(=O)c1cccc2[nH]c(N3CCN(C)CC3)nc12.Cl.Cl. The lowest BCUT2D eigenvalue weighted by molar-refractivity contribution is -0.132. The van der Waals surface area contributed by atoms with E-state index in [2.05, 4.69) is 39.1 Å². The summed E-state index contributed by atoms with van der Waals surface area (Å²) in [5, 5.41) is 2.96. The number of carbonyl (C=O) groups is 3. The number of H-pyrrole nitrogens is 1. The number of aryl methyl sites for hydroxylation is 1. The summed E-state index contributed by atoms with van der Waals surface area (Å²) in [7, 11) is 7.41. The van der Waals surface area contributed by atoms with Crippen molar-refractivity contribution >= 4 is 70.9 Å². The number of methoxy groups -OCH3 is 1. The second kappa shape index (κ2) is 19.9. The van der Waals surface area contributed by atoms with E-state index >= 15 is 0 Å². The van der Waals surface area contributed by atoms with Crippen molar-refractivity contribution in [3.05, 3.63) is 71.3 Å². The second-order valence-electron chi connectivity index (χ2n) is 14.1. The minimum Gasteiger partial charge on any atom is -0.495 e. The van der Waals surface area contributed by atoms with Crippen LogP contribution in [0.25, 0.3) is 11.0 Å². The van der Waals surface area contributed by atoms with Crippen molar-refractivity contribution in [2.75, 3.05) is 102 Å². The van der Waals surface area contributed by atoms with E-state index in [1.165, 1.54) is 7.11 Å². The van der Waals surface area contributed by atoms with Crippen LogP contribution in [0.3, 0.4) is 0 Å². The van der Waals surface area contributed by atoms with Crippen LogP contribution < -0.4 is 24.6 Å². The summed E-state index contributed by atoms with van der Waals surface area (Å²) in [6, 6.07) is 16.3. The van der Waals surface area contributed by atoms with Crippen molar-refractivity contribution in [2.24, 2.45) is 0 Å². The molecule has 3 heterocycles. The lowest BCUT2D eigenvalue weighted by atomic mass is 10.1. The standard InChI is InChI=1S/C40H52N8O5.2ClH/c1-28-13-16-33(35(26-28)53-25-8-6-7-12-36(49)47-21-17-44(2)18-22-47)46(4)39(51)29-14-15-31(34(27-29)52-5)41-38(50)30-10-9-11-32-37(30)43-40(42-32)48-23-19-45(3)20-24-48;;/h9-11,13-16,26-27H,6-8,12,17-25H2,1-5H3,(H,41,50)(H,42,43);2*1H. The number of rotatable bonds is 13. The molecule has 0 aliphatic carbocycles. The summed E-state index contributed by atoms with van der Waals surface area (Å²) < 4.78 is 11.8. The second-order valence-corrected chi connectivity index (χ2v) is 14.1. The van der Waals surface area contributed by atoms with E-state index in [4.69, 9.17) is 14.5 Å². The van der Waals surface area contributed by atoms with E-state index in [1.54, 1.807) is 36.2 Å². The third-order valence-corrected chi connectivity index (χ3v) is 10.2. The van der Waals surface area contributed by atoms with Crippen LogP contribution in [-0.2, 0) is 4.79 Å². The molecule has 6 rings (SSSR count). The monoisotopic (exact) mass is 796 g/mol. The van der Waals surface area contributed by atoms with Gasteiger partial charge in [0.2, 0.25) is 11.9 Å². The Bertz CT molecular complexity index is 1920. The lowest BCUT2D eigenvalue weighted by Crippen LogP contribution is -2.47. The molecule has 13 nitrogen and oxygen atoms in total. The molecule has 0 unspecified atom stereocenters. The first kappa shape index (κ1) is 43.2. The molecule has 2 aliphatic heterocycles. The fourth-order valence-electron chi connectivity index (χ4n) is 6.76. The van der Waals surface area contributed by atoms with Crippen LogP contribution in [0.1, 0.15) is 52.0 Å². The van der Waals surface area contributed by atoms with Gasteiger partial charge in [-0.2, -0.15) is 0 Å². The van der Waals surface area contributed by atoms with Crippen LogP contribution in [0.2, 0.25) is 0 Å². The molecule has 0 spiro atoms. The van der Waals surface area contributed by atoms with Crippen molar-refractivity contribution in [1.29, 1.82) is 0 Å². The van der Waals surface area contributed by atoms with E-state index in [0.29, 0.717) is 52.5 Å². The van der Waals surface area contributed by atoms with Crippen LogP contribution in [0, 0.1) is 6.92 Å². The molecule has 2 fully saturated rings. The number of likely N-dealkylation sites (N-methyl/N-ethyl adjacent to an activating group) is 2. The number of nitrogens with one attached hydrogen (secondary N) is 2. The maximum Gasteiger partial charge on any atom is 0.258 e. The van der Waals surface area contributed by atoms with Crippen LogP contribution >= 0.6 is 24.8 Å². The minimum absolute atomic E-state index is 0. The minimum atomic E-state index is -0.329. The van der Waals surface area contributed by atoms with Crippen LogP contribution in [-0.4, -0.2) is 130 Å². The van der Waals surface area contributed by atoms with Gasteiger partial charge in [0, 0.05) is 71.4 Å². The normalized spacial score (nSPS) is 14.9. The number of aromatic amines is 1. The predicted octanol–water partition coefficient (Wildman–Crippen LogP) is 5.72. The molecule has 298 valence electrons. The van der Waals surface area contributed by atoms with Gasteiger partial charge >= 0.3 is 0 Å². The third kappa shape index (κ3) is 10.6. The predicted molar refractivity (Wildman–Crippen MR) is 223 cm³/mol. The Hall–Kier alpha value is -4.56. The van der Waals surface area contributed by atoms with Gasteiger partial charge in [-0.15, -0.1) is 24.8 Å². The quantitative estimate of drug-likeness (QED) is 0.164. The molecule has 0 bridgehead atoms. The van der Waals surface area contributed by atoms with Crippen LogP contribution in [0.4, 0.5) is 17.3 Å². The molecule has 0 saturated carbocycles. The fourth-order valence-corrected chi connectivity index (χ4v) is 6.76. The first-order chi connectivity index (χ1) is 25.6. The molecule has 55 heavy (non-hydrogen) atoms. The number of amides is 3. The summed E-state index contributed by atoms with van der Waals surface area (Å²) in [5.41, 5.74) is 4.31. The Labute approximate surface area is 336 Å². The van der Waals surface area contributed by atoms with Crippen molar-refractivity contribution < 1.29 is 23.9 Å². The van der Waals surface area contributed by atoms with E-state index in [0.717, 1.165) is 88.6 Å². The topological polar surface area (TPSA) is 127 Å². The number of carbonyl (C=O) groups excluding carboxylic acids is 3. The highest BCUT2D eigenvalue weighted by Gasteiger charge is 2.23. The van der Waals surface area contributed by atoms with E-state index in [9.17, 15) is 14.4 Å². The van der Waals surface area contributed by atoms with Gasteiger partial charge < -0.3 is 44.3 Å². The summed E-state index contributed by atoms with van der Waals surface area (Å²) in [4.78, 5) is 58.4. The first-order valence-electron chi connectivity index (χ1n) is 18.5. The summed E-state index contributed by atoms with van der Waals surface area (Å²) >= 11 is 0. The maximum atomic E-state index is 13.8. The fraction of sp³-hybridized carbons (Fsp3) is 0.450. The number of hydrogen-bond acceptors (Lipinski definition) is 9. The van der Waals surface area contributed by atoms with Gasteiger partial charge in [0.25, 0.3) is 11.8 Å². The molecule has 15 heteroatoms. The summed E-state index contributed by atoms with van der Waals surface area (Å²) in [6.45, 7) is 9.53. The van der Waals surface area contributed by atoms with E-state index in [-0.39, 0.29) is 42.5 Å².